The summed E-state index contributed by atoms with van der Waals surface area (Å²) in [5.74, 6) is 0.773. The molecule has 0 radical (unpaired) electrons. The zero-order chi connectivity index (χ0) is 12.8. The first kappa shape index (κ1) is 10.9. The van der Waals surface area contributed by atoms with E-state index in [4.69, 9.17) is 11.6 Å². The minimum atomic E-state index is 0.705. The van der Waals surface area contributed by atoms with Crippen molar-refractivity contribution in [1.82, 2.24) is 19.6 Å². The van der Waals surface area contributed by atoms with Crippen LogP contribution in [0.1, 0.15) is 0 Å². The van der Waals surface area contributed by atoms with Gasteiger partial charge in [0.2, 0.25) is 0 Å². The summed E-state index contributed by atoms with van der Waals surface area (Å²) >= 11 is 7.52. The molecule has 4 rings (SSSR count). The summed E-state index contributed by atoms with van der Waals surface area (Å²) in [4.78, 5) is 4.41. The fraction of sp³-hybridized carbons (Fsp3) is 0. The Bertz CT molecular complexity index is 879. The molecule has 0 saturated carbocycles. The molecule has 3 heterocycles. The number of thiophene rings is 1. The van der Waals surface area contributed by atoms with Crippen LogP contribution in [0.4, 0.5) is 0 Å². The van der Waals surface area contributed by atoms with Crippen molar-refractivity contribution in [2.45, 2.75) is 0 Å². The van der Waals surface area contributed by atoms with Gasteiger partial charge in [0.15, 0.2) is 11.5 Å². The molecule has 0 saturated heterocycles. The van der Waals surface area contributed by atoms with Crippen LogP contribution in [0.2, 0.25) is 5.02 Å². The Morgan fingerprint density at radius 1 is 1.05 bits per heavy atom. The van der Waals surface area contributed by atoms with Gasteiger partial charge in [-0.3, -0.25) is 4.40 Å². The van der Waals surface area contributed by atoms with Crippen molar-refractivity contribution in [2.24, 2.45) is 0 Å². The molecule has 0 N–H and O–H groups in total. The second kappa shape index (κ2) is 4.01. The molecule has 6 heteroatoms. The highest BCUT2D eigenvalue weighted by atomic mass is 35.5. The molecule has 0 aliphatic rings. The Balaban J connectivity index is 2.02. The Kier molecular flexibility index (Phi) is 2.30. The number of hydrogen-bond donors (Lipinski definition) is 0. The minimum absolute atomic E-state index is 0.705. The van der Waals surface area contributed by atoms with Crippen molar-refractivity contribution < 1.29 is 0 Å². The number of hydrogen-bond acceptors (Lipinski definition) is 4. The van der Waals surface area contributed by atoms with Gasteiger partial charge < -0.3 is 0 Å². The largest absolute Gasteiger partial charge is 0.264 e. The van der Waals surface area contributed by atoms with Gasteiger partial charge >= 0.3 is 0 Å². The van der Waals surface area contributed by atoms with Crippen molar-refractivity contribution >= 4 is 38.8 Å². The fourth-order valence-electron chi connectivity index (χ4n) is 2.04. The van der Waals surface area contributed by atoms with Gasteiger partial charge in [-0.1, -0.05) is 11.6 Å². The van der Waals surface area contributed by atoms with Crippen LogP contribution in [-0.4, -0.2) is 19.6 Å². The summed E-state index contributed by atoms with van der Waals surface area (Å²) in [6, 6.07) is 9.52. The third-order valence-corrected chi connectivity index (χ3v) is 4.11. The van der Waals surface area contributed by atoms with Crippen LogP contribution < -0.4 is 0 Å². The molecule has 1 aromatic carbocycles. The van der Waals surface area contributed by atoms with Gasteiger partial charge in [0.1, 0.15) is 6.33 Å². The monoisotopic (exact) mass is 286 g/mol. The van der Waals surface area contributed by atoms with E-state index in [2.05, 4.69) is 15.2 Å². The van der Waals surface area contributed by atoms with Crippen LogP contribution in [0.15, 0.2) is 42.0 Å². The predicted octanol–water partition coefficient (Wildman–Crippen LogP) is 3.66. The lowest BCUT2D eigenvalue weighted by atomic mass is 10.2. The van der Waals surface area contributed by atoms with Gasteiger partial charge in [0, 0.05) is 10.6 Å². The van der Waals surface area contributed by atoms with Crippen LogP contribution in [0, 0.1) is 0 Å². The van der Waals surface area contributed by atoms with Crippen molar-refractivity contribution in [1.29, 1.82) is 0 Å². The third-order valence-electron chi connectivity index (χ3n) is 2.96. The van der Waals surface area contributed by atoms with E-state index in [0.717, 1.165) is 27.3 Å². The Morgan fingerprint density at radius 2 is 1.89 bits per heavy atom. The lowest BCUT2D eigenvalue weighted by Gasteiger charge is -2.00. The molecule has 0 aliphatic carbocycles. The molecule has 0 spiro atoms. The topological polar surface area (TPSA) is 43.1 Å². The second-order valence-corrected chi connectivity index (χ2v) is 5.46. The number of fused-ring (bicyclic) bond motifs is 3. The molecule has 19 heavy (non-hydrogen) atoms. The molecule has 4 nitrogen and oxygen atoms in total. The molecule has 0 atom stereocenters. The molecule has 92 valence electrons. The van der Waals surface area contributed by atoms with E-state index >= 15 is 0 Å². The van der Waals surface area contributed by atoms with Crippen LogP contribution in [-0.2, 0) is 0 Å². The van der Waals surface area contributed by atoms with E-state index in [1.165, 1.54) is 0 Å². The van der Waals surface area contributed by atoms with Crippen LogP contribution >= 0.6 is 22.9 Å². The predicted molar refractivity (Wildman–Crippen MR) is 76.6 cm³/mol. The van der Waals surface area contributed by atoms with Gasteiger partial charge in [-0.05, 0) is 35.7 Å². The molecule has 0 aliphatic heterocycles. The van der Waals surface area contributed by atoms with Crippen LogP contribution in [0.25, 0.3) is 27.3 Å². The molecule has 0 unspecified atom stereocenters. The van der Waals surface area contributed by atoms with E-state index in [-0.39, 0.29) is 0 Å². The normalized spacial score (nSPS) is 11.4. The fourth-order valence-corrected chi connectivity index (χ4v) is 2.99. The number of nitrogens with zero attached hydrogens (tertiary/aromatic N) is 4. The molecule has 0 bridgehead atoms. The van der Waals surface area contributed by atoms with Gasteiger partial charge in [-0.25, -0.2) is 4.98 Å². The van der Waals surface area contributed by atoms with Crippen molar-refractivity contribution in [2.75, 3.05) is 0 Å². The van der Waals surface area contributed by atoms with Gasteiger partial charge in [-0.2, -0.15) is 0 Å². The molecule has 4 aromatic rings. The summed E-state index contributed by atoms with van der Waals surface area (Å²) in [5, 5.41) is 11.2. The zero-order valence-electron chi connectivity index (χ0n) is 9.62. The highest BCUT2D eigenvalue weighted by Crippen LogP contribution is 2.26. The lowest BCUT2D eigenvalue weighted by Crippen LogP contribution is -1.90. The van der Waals surface area contributed by atoms with Gasteiger partial charge in [0.05, 0.1) is 10.2 Å². The Morgan fingerprint density at radius 3 is 2.74 bits per heavy atom. The van der Waals surface area contributed by atoms with E-state index in [1.807, 2.05) is 40.1 Å². The number of benzene rings is 1. The minimum Gasteiger partial charge on any atom is -0.264 e. The van der Waals surface area contributed by atoms with Crippen LogP contribution in [0.5, 0.6) is 0 Å². The lowest BCUT2D eigenvalue weighted by molar-refractivity contribution is 1.09. The van der Waals surface area contributed by atoms with E-state index < -0.39 is 0 Å². The highest BCUT2D eigenvalue weighted by Gasteiger charge is 2.11. The van der Waals surface area contributed by atoms with Crippen molar-refractivity contribution in [3.05, 3.63) is 47.1 Å². The first-order valence-corrected chi connectivity index (χ1v) is 6.91. The molecule has 0 amide bonds. The first-order chi connectivity index (χ1) is 9.33. The van der Waals surface area contributed by atoms with E-state index in [9.17, 15) is 0 Å². The Labute approximate surface area is 117 Å². The zero-order valence-corrected chi connectivity index (χ0v) is 11.2. The number of halogens is 1. The molecular formula is C13H7ClN4S. The average molecular weight is 287 g/mol. The van der Waals surface area contributed by atoms with Crippen molar-refractivity contribution in [3.8, 4) is 11.4 Å². The maximum atomic E-state index is 5.90. The standard InChI is InChI=1S/C13H7ClN4S/c14-9-3-1-8(2-4-9)12-16-17-13-11-10(5-6-19-11)15-7-18(12)13/h1-7H. The Hall–Kier alpha value is -1.98. The molecule has 3 aromatic heterocycles. The van der Waals surface area contributed by atoms with Gasteiger partial charge in [0.25, 0.3) is 0 Å². The molecule has 0 fully saturated rings. The average Bonchev–Trinajstić information content (AvgIpc) is 3.04. The number of rotatable bonds is 1. The maximum Gasteiger partial charge on any atom is 0.181 e. The summed E-state index contributed by atoms with van der Waals surface area (Å²) in [6.45, 7) is 0. The SMILES string of the molecule is Clc1ccc(-c2nnc3c4sccc4ncn23)cc1. The maximum absolute atomic E-state index is 5.90. The summed E-state index contributed by atoms with van der Waals surface area (Å²) in [5.41, 5.74) is 2.76. The smallest absolute Gasteiger partial charge is 0.181 e. The first-order valence-electron chi connectivity index (χ1n) is 5.66. The summed E-state index contributed by atoms with van der Waals surface area (Å²) in [6.07, 6.45) is 1.76. The van der Waals surface area contributed by atoms with E-state index in [0.29, 0.717) is 5.02 Å². The molecular weight excluding hydrogens is 280 g/mol. The quantitative estimate of drug-likeness (QED) is 0.536. The van der Waals surface area contributed by atoms with Crippen molar-refractivity contribution in [3.63, 3.8) is 0 Å². The third kappa shape index (κ3) is 1.63. The number of aromatic nitrogens is 4. The van der Waals surface area contributed by atoms with Crippen LogP contribution in [0.3, 0.4) is 0 Å². The highest BCUT2D eigenvalue weighted by molar-refractivity contribution is 7.17. The van der Waals surface area contributed by atoms with Gasteiger partial charge in [-0.15, -0.1) is 21.5 Å². The summed E-state index contributed by atoms with van der Waals surface area (Å²) < 4.78 is 2.96. The van der Waals surface area contributed by atoms with E-state index in [1.54, 1.807) is 17.7 Å². The second-order valence-electron chi connectivity index (χ2n) is 4.10. The summed E-state index contributed by atoms with van der Waals surface area (Å²) in [7, 11) is 0.